The van der Waals surface area contributed by atoms with E-state index in [-0.39, 0.29) is 13.0 Å². The first-order chi connectivity index (χ1) is 8.29. The summed E-state index contributed by atoms with van der Waals surface area (Å²) >= 11 is 17.7. The normalized spacial score (nSPS) is 13.7. The second-order valence-corrected chi connectivity index (χ2v) is 4.96. The topological polar surface area (TPSA) is 9.23 Å². The summed E-state index contributed by atoms with van der Waals surface area (Å²) in [7, 11) is 0. The Morgan fingerprint density at radius 3 is 2.50 bits per heavy atom. The Labute approximate surface area is 118 Å². The first-order valence-electron chi connectivity index (χ1n) is 5.03. The molecule has 18 heavy (non-hydrogen) atoms. The third kappa shape index (κ3) is 5.65. The van der Waals surface area contributed by atoms with E-state index in [1.807, 2.05) is 0 Å². The van der Waals surface area contributed by atoms with E-state index in [2.05, 4.69) is 4.74 Å². The number of hydrogen-bond donors (Lipinski definition) is 0. The van der Waals surface area contributed by atoms with Gasteiger partial charge in [0.25, 0.3) is 0 Å². The second-order valence-electron chi connectivity index (χ2n) is 3.59. The molecule has 1 rings (SSSR count). The molecule has 0 N–H and O–H groups in total. The highest BCUT2D eigenvalue weighted by atomic mass is 35.5. The van der Waals surface area contributed by atoms with Gasteiger partial charge in [-0.3, -0.25) is 0 Å². The van der Waals surface area contributed by atoms with Gasteiger partial charge in [0.2, 0.25) is 0 Å². The highest BCUT2D eigenvalue weighted by Gasteiger charge is 2.27. The van der Waals surface area contributed by atoms with Crippen molar-refractivity contribution in [3.63, 3.8) is 0 Å². The lowest BCUT2D eigenvalue weighted by Crippen LogP contribution is -2.17. The standard InChI is InChI=1S/C11H10Cl3F3O/c12-7-1-2-9(13)8(5-7)10(14)3-4-18-6-11(15,16)17/h1-2,5,10H,3-4,6H2. The monoisotopic (exact) mass is 320 g/mol. The Kier molecular flexibility index (Phi) is 6.05. The molecule has 1 aromatic carbocycles. The van der Waals surface area contributed by atoms with Gasteiger partial charge in [0.1, 0.15) is 6.61 Å². The molecule has 1 nitrogen and oxygen atoms in total. The van der Waals surface area contributed by atoms with Gasteiger partial charge in [-0.2, -0.15) is 13.2 Å². The van der Waals surface area contributed by atoms with Crippen molar-refractivity contribution in [3.05, 3.63) is 33.8 Å². The lowest BCUT2D eigenvalue weighted by atomic mass is 10.1. The highest BCUT2D eigenvalue weighted by molar-refractivity contribution is 6.34. The molecule has 0 heterocycles. The predicted octanol–water partition coefficient (Wildman–Crippen LogP) is 5.24. The van der Waals surface area contributed by atoms with Gasteiger partial charge in [0.05, 0.1) is 5.38 Å². The lowest BCUT2D eigenvalue weighted by molar-refractivity contribution is -0.174. The summed E-state index contributed by atoms with van der Waals surface area (Å²) in [6.45, 7) is -1.38. The average molecular weight is 322 g/mol. The lowest BCUT2D eigenvalue weighted by Gasteiger charge is -2.13. The smallest absolute Gasteiger partial charge is 0.372 e. The van der Waals surface area contributed by atoms with Gasteiger partial charge in [0.15, 0.2) is 0 Å². The molecule has 0 bridgehead atoms. The predicted molar refractivity (Wildman–Crippen MR) is 66.5 cm³/mol. The summed E-state index contributed by atoms with van der Waals surface area (Å²) in [4.78, 5) is 0. The number of hydrogen-bond acceptors (Lipinski definition) is 1. The molecule has 7 heteroatoms. The summed E-state index contributed by atoms with van der Waals surface area (Å²) in [5.41, 5.74) is 0.585. The van der Waals surface area contributed by atoms with Gasteiger partial charge in [-0.1, -0.05) is 23.2 Å². The van der Waals surface area contributed by atoms with E-state index in [4.69, 9.17) is 34.8 Å². The molecule has 0 saturated heterocycles. The molecule has 0 spiro atoms. The number of ether oxygens (including phenoxy) is 1. The third-order valence-corrected chi connectivity index (χ3v) is 3.11. The van der Waals surface area contributed by atoms with E-state index in [0.29, 0.717) is 15.6 Å². The average Bonchev–Trinajstić information content (AvgIpc) is 2.26. The molecule has 102 valence electrons. The van der Waals surface area contributed by atoms with Crippen LogP contribution in [-0.2, 0) is 4.74 Å². The van der Waals surface area contributed by atoms with Crippen molar-refractivity contribution in [1.29, 1.82) is 0 Å². The molecule has 1 atom stereocenters. The summed E-state index contributed by atoms with van der Waals surface area (Å²) in [6, 6.07) is 4.79. The van der Waals surface area contributed by atoms with Crippen LogP contribution in [-0.4, -0.2) is 19.4 Å². The zero-order chi connectivity index (χ0) is 13.8. The second kappa shape index (κ2) is 6.85. The molecular formula is C11H10Cl3F3O. The minimum absolute atomic E-state index is 0.101. The molecule has 0 radical (unpaired) electrons. The fourth-order valence-corrected chi connectivity index (χ4v) is 2.04. The largest absolute Gasteiger partial charge is 0.411 e. The fourth-order valence-electron chi connectivity index (χ4n) is 1.28. The van der Waals surface area contributed by atoms with Crippen molar-refractivity contribution >= 4 is 34.8 Å². The molecule has 0 amide bonds. The number of alkyl halides is 4. The van der Waals surface area contributed by atoms with Crippen LogP contribution in [0.3, 0.4) is 0 Å². The molecule has 0 fully saturated rings. The van der Waals surface area contributed by atoms with Crippen molar-refractivity contribution in [1.82, 2.24) is 0 Å². The minimum Gasteiger partial charge on any atom is -0.372 e. The van der Waals surface area contributed by atoms with Crippen LogP contribution in [0.2, 0.25) is 10.0 Å². The van der Waals surface area contributed by atoms with Gasteiger partial charge >= 0.3 is 6.18 Å². The number of halogens is 6. The molecule has 0 aliphatic heterocycles. The maximum absolute atomic E-state index is 11.8. The molecule has 0 aromatic heterocycles. The maximum Gasteiger partial charge on any atom is 0.411 e. The van der Waals surface area contributed by atoms with E-state index in [1.54, 1.807) is 18.2 Å². The quantitative estimate of drug-likeness (QED) is 0.532. The summed E-state index contributed by atoms with van der Waals surface area (Å²) in [6.07, 6.45) is -4.10. The zero-order valence-corrected chi connectivity index (χ0v) is 11.4. The van der Waals surface area contributed by atoms with Crippen LogP contribution in [0, 0.1) is 0 Å². The molecule has 0 saturated carbocycles. The third-order valence-electron chi connectivity index (χ3n) is 2.08. The Morgan fingerprint density at radius 1 is 1.22 bits per heavy atom. The van der Waals surface area contributed by atoms with E-state index < -0.39 is 18.2 Å². The molecule has 1 aromatic rings. The molecule has 0 aliphatic carbocycles. The van der Waals surface area contributed by atoms with Gasteiger partial charge in [-0.05, 0) is 30.2 Å². The van der Waals surface area contributed by atoms with Crippen molar-refractivity contribution in [3.8, 4) is 0 Å². The minimum atomic E-state index is -4.32. The Bertz CT molecular complexity index is 396. The van der Waals surface area contributed by atoms with Gasteiger partial charge in [-0.15, -0.1) is 11.6 Å². The Hall–Kier alpha value is -0.160. The molecule has 0 aliphatic rings. The van der Waals surface area contributed by atoms with Crippen LogP contribution in [0.5, 0.6) is 0 Å². The summed E-state index contributed by atoms with van der Waals surface area (Å²) < 4.78 is 39.9. The van der Waals surface area contributed by atoms with Gasteiger partial charge in [0, 0.05) is 16.7 Å². The van der Waals surface area contributed by atoms with Gasteiger partial charge in [-0.25, -0.2) is 0 Å². The van der Waals surface area contributed by atoms with Crippen LogP contribution < -0.4 is 0 Å². The Balaban J connectivity index is 2.45. The van der Waals surface area contributed by atoms with E-state index in [9.17, 15) is 13.2 Å². The first kappa shape index (κ1) is 15.9. The van der Waals surface area contributed by atoms with Crippen molar-refractivity contribution in [2.45, 2.75) is 18.0 Å². The first-order valence-corrected chi connectivity index (χ1v) is 6.22. The van der Waals surface area contributed by atoms with Crippen molar-refractivity contribution < 1.29 is 17.9 Å². The van der Waals surface area contributed by atoms with Crippen LogP contribution in [0.15, 0.2) is 18.2 Å². The Morgan fingerprint density at radius 2 is 1.89 bits per heavy atom. The van der Waals surface area contributed by atoms with Crippen LogP contribution in [0.4, 0.5) is 13.2 Å². The molecule has 1 unspecified atom stereocenters. The van der Waals surface area contributed by atoms with E-state index in [0.717, 1.165) is 0 Å². The van der Waals surface area contributed by atoms with Crippen LogP contribution in [0.1, 0.15) is 17.4 Å². The van der Waals surface area contributed by atoms with E-state index >= 15 is 0 Å². The van der Waals surface area contributed by atoms with Crippen molar-refractivity contribution in [2.24, 2.45) is 0 Å². The zero-order valence-electron chi connectivity index (χ0n) is 9.11. The summed E-state index contributed by atoms with van der Waals surface area (Å²) in [5, 5.41) is 0.357. The fraction of sp³-hybridized carbons (Fsp3) is 0.455. The van der Waals surface area contributed by atoms with Crippen LogP contribution in [0.25, 0.3) is 0 Å². The van der Waals surface area contributed by atoms with Gasteiger partial charge < -0.3 is 4.74 Å². The SMILES string of the molecule is FC(F)(F)COCCC(Cl)c1cc(Cl)ccc1Cl. The van der Waals surface area contributed by atoms with Crippen molar-refractivity contribution in [2.75, 3.05) is 13.2 Å². The van der Waals surface area contributed by atoms with Crippen LogP contribution >= 0.6 is 34.8 Å². The molecular weight excluding hydrogens is 311 g/mol. The maximum atomic E-state index is 11.8. The highest BCUT2D eigenvalue weighted by Crippen LogP contribution is 2.32. The van der Waals surface area contributed by atoms with E-state index in [1.165, 1.54) is 0 Å². The summed E-state index contributed by atoms with van der Waals surface area (Å²) in [5.74, 6) is 0. The number of rotatable bonds is 5. The number of benzene rings is 1.